The van der Waals surface area contributed by atoms with E-state index in [0.29, 0.717) is 31.1 Å². The Morgan fingerprint density at radius 3 is 2.86 bits per heavy atom. The summed E-state index contributed by atoms with van der Waals surface area (Å²) in [5.74, 6) is 1.83. The number of aromatic nitrogens is 2. The van der Waals surface area contributed by atoms with Crippen LogP contribution in [0.5, 0.6) is 17.2 Å². The molecule has 3 heterocycles. The van der Waals surface area contributed by atoms with Gasteiger partial charge in [0.15, 0.2) is 0 Å². The van der Waals surface area contributed by atoms with E-state index in [1.807, 2.05) is 49.5 Å². The second-order valence-corrected chi connectivity index (χ2v) is 9.19. The summed E-state index contributed by atoms with van der Waals surface area (Å²) in [6, 6.07) is 11.6. The Labute approximate surface area is 205 Å². The van der Waals surface area contributed by atoms with Crippen LogP contribution in [0.15, 0.2) is 42.6 Å². The van der Waals surface area contributed by atoms with Crippen LogP contribution < -0.4 is 19.5 Å². The first kappa shape index (κ1) is 23.2. The normalized spacial score (nSPS) is 17.5. The predicted octanol–water partition coefficient (Wildman–Crippen LogP) is 4.06. The van der Waals surface area contributed by atoms with Gasteiger partial charge in [0.1, 0.15) is 30.5 Å². The summed E-state index contributed by atoms with van der Waals surface area (Å²) in [5.41, 5.74) is 4.63. The van der Waals surface area contributed by atoms with Crippen LogP contribution in [0.3, 0.4) is 0 Å². The first-order valence-electron chi connectivity index (χ1n) is 12.2. The number of methoxy groups -OCH3 is 1. The highest BCUT2D eigenvalue weighted by molar-refractivity contribution is 5.95. The van der Waals surface area contributed by atoms with E-state index in [-0.39, 0.29) is 11.8 Å². The topological polar surface area (TPSA) is 88.7 Å². The Hall–Kier alpha value is -3.52. The van der Waals surface area contributed by atoms with Crippen molar-refractivity contribution in [2.45, 2.75) is 26.2 Å². The zero-order valence-corrected chi connectivity index (χ0v) is 20.3. The lowest BCUT2D eigenvalue weighted by Gasteiger charge is -2.25. The van der Waals surface area contributed by atoms with Gasteiger partial charge < -0.3 is 19.5 Å². The first-order valence-corrected chi connectivity index (χ1v) is 12.2. The van der Waals surface area contributed by atoms with Crippen LogP contribution in [-0.2, 0) is 11.2 Å². The van der Waals surface area contributed by atoms with E-state index in [1.165, 1.54) is 12.8 Å². The van der Waals surface area contributed by atoms with Gasteiger partial charge in [-0.1, -0.05) is 6.07 Å². The summed E-state index contributed by atoms with van der Waals surface area (Å²) in [4.78, 5) is 15.6. The third kappa shape index (κ3) is 5.27. The fraction of sp³-hybridized carbons (Fsp3) is 0.407. The molecule has 3 aromatic rings. The Bertz CT molecular complexity index is 1190. The summed E-state index contributed by atoms with van der Waals surface area (Å²) in [5, 5.41) is 10.2. The van der Waals surface area contributed by atoms with Crippen molar-refractivity contribution in [3.8, 4) is 28.4 Å². The van der Waals surface area contributed by atoms with Gasteiger partial charge in [-0.3, -0.25) is 14.8 Å². The van der Waals surface area contributed by atoms with Gasteiger partial charge in [-0.2, -0.15) is 5.10 Å². The summed E-state index contributed by atoms with van der Waals surface area (Å²) < 4.78 is 17.4. The van der Waals surface area contributed by atoms with Gasteiger partial charge >= 0.3 is 0 Å². The largest absolute Gasteiger partial charge is 0.497 e. The molecule has 0 saturated carbocycles. The lowest BCUT2D eigenvalue weighted by atomic mass is 9.95. The van der Waals surface area contributed by atoms with Gasteiger partial charge in [-0.15, -0.1) is 0 Å². The number of carbonyl (C=O) groups is 1. The number of carbonyl (C=O) groups excluding carboxylic acids is 1. The number of hydrogen-bond acceptors (Lipinski definition) is 6. The van der Waals surface area contributed by atoms with E-state index in [9.17, 15) is 4.79 Å². The van der Waals surface area contributed by atoms with Crippen molar-refractivity contribution < 1.29 is 19.0 Å². The minimum absolute atomic E-state index is 0.0879. The fourth-order valence-electron chi connectivity index (χ4n) is 4.75. The molecule has 2 aliphatic heterocycles. The van der Waals surface area contributed by atoms with Crippen molar-refractivity contribution in [3.05, 3.63) is 53.9 Å². The molecule has 35 heavy (non-hydrogen) atoms. The van der Waals surface area contributed by atoms with Crippen LogP contribution in [0.25, 0.3) is 11.1 Å². The maximum Gasteiger partial charge on any atom is 0.231 e. The van der Waals surface area contributed by atoms with Crippen LogP contribution in [0.2, 0.25) is 0 Å². The lowest BCUT2D eigenvalue weighted by Crippen LogP contribution is -2.32. The van der Waals surface area contributed by atoms with Gasteiger partial charge in [0.25, 0.3) is 0 Å². The van der Waals surface area contributed by atoms with E-state index >= 15 is 0 Å². The molecule has 0 spiro atoms. The molecule has 1 saturated heterocycles. The van der Waals surface area contributed by atoms with Crippen molar-refractivity contribution in [3.63, 3.8) is 0 Å². The number of anilines is 1. The van der Waals surface area contributed by atoms with E-state index in [0.717, 1.165) is 53.5 Å². The molecule has 2 N–H and O–H groups in total. The van der Waals surface area contributed by atoms with Crippen molar-refractivity contribution in [2.75, 3.05) is 45.3 Å². The van der Waals surface area contributed by atoms with Gasteiger partial charge in [0.2, 0.25) is 5.91 Å². The number of H-pyrrole nitrogens is 1. The molecular formula is C27H32N4O4. The van der Waals surface area contributed by atoms with E-state index in [2.05, 4.69) is 20.4 Å². The number of fused-ring (bicyclic) bond motifs is 1. The van der Waals surface area contributed by atoms with Gasteiger partial charge in [-0.05, 0) is 80.7 Å². The second-order valence-electron chi connectivity index (χ2n) is 9.19. The number of aromatic amines is 1. The molecule has 1 fully saturated rings. The van der Waals surface area contributed by atoms with Crippen LogP contribution in [0.4, 0.5) is 5.69 Å². The zero-order valence-electron chi connectivity index (χ0n) is 20.3. The first-order chi connectivity index (χ1) is 17.1. The van der Waals surface area contributed by atoms with Gasteiger partial charge in [0.05, 0.1) is 24.9 Å². The maximum absolute atomic E-state index is 13.2. The molecule has 2 aromatic carbocycles. The number of rotatable bonds is 8. The molecule has 1 atom stereocenters. The minimum Gasteiger partial charge on any atom is -0.497 e. The molecule has 1 amide bonds. The number of benzene rings is 2. The monoisotopic (exact) mass is 476 g/mol. The van der Waals surface area contributed by atoms with Crippen LogP contribution in [-0.4, -0.2) is 61.0 Å². The molecule has 1 aromatic heterocycles. The predicted molar refractivity (Wildman–Crippen MR) is 134 cm³/mol. The van der Waals surface area contributed by atoms with Gasteiger partial charge in [0, 0.05) is 17.8 Å². The van der Waals surface area contributed by atoms with Crippen LogP contribution in [0, 0.1) is 12.8 Å². The summed E-state index contributed by atoms with van der Waals surface area (Å²) in [6.07, 6.45) is 4.89. The average Bonchev–Trinajstić information content (AvgIpc) is 3.56. The van der Waals surface area contributed by atoms with E-state index < -0.39 is 0 Å². The third-order valence-corrected chi connectivity index (χ3v) is 6.79. The maximum atomic E-state index is 13.2. The smallest absolute Gasteiger partial charge is 0.231 e. The number of hydrogen-bond donors (Lipinski definition) is 2. The molecule has 2 aliphatic rings. The number of nitrogens with zero attached hydrogens (tertiary/aromatic N) is 2. The highest BCUT2D eigenvalue weighted by atomic mass is 16.5. The van der Waals surface area contributed by atoms with Gasteiger partial charge in [-0.25, -0.2) is 0 Å². The molecule has 0 radical (unpaired) electrons. The minimum atomic E-state index is -0.303. The van der Waals surface area contributed by atoms with Crippen molar-refractivity contribution in [1.29, 1.82) is 0 Å². The molecule has 8 heteroatoms. The number of aryl methyl sites for hydroxylation is 1. The summed E-state index contributed by atoms with van der Waals surface area (Å²) >= 11 is 0. The number of nitrogens with one attached hydrogen (secondary N) is 2. The number of amides is 1. The van der Waals surface area contributed by atoms with Crippen LogP contribution >= 0.6 is 0 Å². The number of likely N-dealkylation sites (tertiary alicyclic amines) is 1. The highest BCUT2D eigenvalue weighted by Gasteiger charge is 2.27. The molecule has 0 bridgehead atoms. The SMILES string of the molecule is COc1ccc2c(c1)CC(C(=O)Nc1ccc(-c3cn[nH]c3C)cc1OCCN1CCCC1)CO2. The zero-order chi connectivity index (χ0) is 24.2. The summed E-state index contributed by atoms with van der Waals surface area (Å²) in [6.45, 7) is 6.00. The van der Waals surface area contributed by atoms with Crippen molar-refractivity contribution in [2.24, 2.45) is 5.92 Å². The molecule has 8 nitrogen and oxygen atoms in total. The van der Waals surface area contributed by atoms with Crippen molar-refractivity contribution in [1.82, 2.24) is 15.1 Å². The van der Waals surface area contributed by atoms with Crippen LogP contribution in [0.1, 0.15) is 24.1 Å². The fourth-order valence-corrected chi connectivity index (χ4v) is 4.75. The van der Waals surface area contributed by atoms with Crippen molar-refractivity contribution >= 4 is 11.6 Å². The van der Waals surface area contributed by atoms with E-state index in [1.54, 1.807) is 7.11 Å². The third-order valence-electron chi connectivity index (χ3n) is 6.79. The highest BCUT2D eigenvalue weighted by Crippen LogP contribution is 2.34. The quantitative estimate of drug-likeness (QED) is 0.510. The standard InChI is InChI=1S/C27H32N4O4/c1-18-23(16-28-30-18)19-5-7-24(26(15-19)34-12-11-31-9-3-4-10-31)29-27(32)21-13-20-14-22(33-2)6-8-25(20)35-17-21/h5-8,14-16,21H,3-4,9-13,17H2,1-2H3,(H,28,30)(H,29,32). The molecule has 1 unspecified atom stereocenters. The Morgan fingerprint density at radius 1 is 1.23 bits per heavy atom. The Balaban J connectivity index is 1.32. The lowest BCUT2D eigenvalue weighted by molar-refractivity contribution is -0.121. The molecule has 5 rings (SSSR count). The molecule has 0 aliphatic carbocycles. The Morgan fingerprint density at radius 2 is 2.09 bits per heavy atom. The van der Waals surface area contributed by atoms with E-state index in [4.69, 9.17) is 14.2 Å². The summed E-state index contributed by atoms with van der Waals surface area (Å²) in [7, 11) is 1.63. The average molecular weight is 477 g/mol. The number of ether oxygens (including phenoxy) is 3. The Kier molecular flexibility index (Phi) is 6.90. The molecule has 184 valence electrons. The second kappa shape index (κ2) is 10.4. The molecular weight excluding hydrogens is 444 g/mol.